The largest absolute Gasteiger partial charge is 0.478 e. The Hall–Kier alpha value is -1.25. The molecule has 3 heteroatoms. The van der Waals surface area contributed by atoms with Crippen LogP contribution >= 0.6 is 0 Å². The Labute approximate surface area is 83.7 Å². The van der Waals surface area contributed by atoms with E-state index in [-0.39, 0.29) is 5.56 Å². The molecule has 1 N–H and O–H groups in total. The fourth-order valence-corrected chi connectivity index (χ4v) is 1.43. The van der Waals surface area contributed by atoms with E-state index in [0.29, 0.717) is 5.76 Å². The molecular formula is C11H16O3. The summed E-state index contributed by atoms with van der Waals surface area (Å²) in [5.41, 5.74) is 0.288. The van der Waals surface area contributed by atoms with Gasteiger partial charge in [-0.15, -0.1) is 0 Å². The first-order valence-corrected chi connectivity index (χ1v) is 4.97. The van der Waals surface area contributed by atoms with Crippen LogP contribution in [0.3, 0.4) is 0 Å². The number of aromatic carboxylic acids is 1. The lowest BCUT2D eigenvalue weighted by atomic mass is 10.1. The summed E-state index contributed by atoms with van der Waals surface area (Å²) in [4.78, 5) is 10.7. The zero-order valence-corrected chi connectivity index (χ0v) is 8.67. The highest BCUT2D eigenvalue weighted by atomic mass is 16.4. The van der Waals surface area contributed by atoms with Crippen molar-refractivity contribution >= 4 is 5.97 Å². The Kier molecular flexibility index (Phi) is 3.74. The third-order valence-electron chi connectivity index (χ3n) is 2.23. The van der Waals surface area contributed by atoms with Crippen LogP contribution in [0.2, 0.25) is 0 Å². The van der Waals surface area contributed by atoms with Gasteiger partial charge in [0.25, 0.3) is 0 Å². The van der Waals surface area contributed by atoms with Gasteiger partial charge in [0, 0.05) is 6.42 Å². The summed E-state index contributed by atoms with van der Waals surface area (Å²) < 4.78 is 5.34. The molecule has 0 aliphatic rings. The van der Waals surface area contributed by atoms with Crippen LogP contribution < -0.4 is 0 Å². The topological polar surface area (TPSA) is 50.4 Å². The Morgan fingerprint density at radius 3 is 2.71 bits per heavy atom. The second-order valence-electron chi connectivity index (χ2n) is 3.44. The van der Waals surface area contributed by atoms with E-state index in [0.717, 1.165) is 31.4 Å². The zero-order valence-electron chi connectivity index (χ0n) is 8.67. The van der Waals surface area contributed by atoms with Gasteiger partial charge in [-0.3, -0.25) is 0 Å². The average Bonchev–Trinajstić information content (AvgIpc) is 2.47. The molecule has 0 unspecified atom stereocenters. The fraction of sp³-hybridized carbons (Fsp3) is 0.545. The van der Waals surface area contributed by atoms with Crippen molar-refractivity contribution in [2.24, 2.45) is 0 Å². The minimum atomic E-state index is -0.909. The molecule has 14 heavy (non-hydrogen) atoms. The van der Waals surface area contributed by atoms with Gasteiger partial charge in [-0.25, -0.2) is 4.79 Å². The summed E-state index contributed by atoms with van der Waals surface area (Å²) in [6.45, 7) is 3.82. The molecule has 1 heterocycles. The van der Waals surface area contributed by atoms with Gasteiger partial charge in [-0.2, -0.15) is 0 Å². The molecule has 0 saturated heterocycles. The lowest BCUT2D eigenvalue weighted by molar-refractivity contribution is 0.0695. The molecule has 0 saturated carbocycles. The highest BCUT2D eigenvalue weighted by molar-refractivity contribution is 5.88. The third kappa shape index (κ3) is 2.62. The van der Waals surface area contributed by atoms with E-state index in [1.807, 2.05) is 0 Å². The molecular weight excluding hydrogens is 180 g/mol. The summed E-state index contributed by atoms with van der Waals surface area (Å²) in [6, 6.07) is 1.63. The maximum atomic E-state index is 10.7. The fourth-order valence-electron chi connectivity index (χ4n) is 1.43. The molecule has 78 valence electrons. The highest BCUT2D eigenvalue weighted by Crippen LogP contribution is 2.16. The maximum Gasteiger partial charge on any atom is 0.339 e. The number of hydrogen-bond acceptors (Lipinski definition) is 2. The van der Waals surface area contributed by atoms with Crippen LogP contribution in [0.25, 0.3) is 0 Å². The number of unbranched alkanes of at least 4 members (excludes halogenated alkanes) is 2. The number of furan rings is 1. The third-order valence-corrected chi connectivity index (χ3v) is 2.23. The molecule has 0 aliphatic heterocycles. The molecule has 0 bridgehead atoms. The van der Waals surface area contributed by atoms with Crippen LogP contribution in [0.15, 0.2) is 10.5 Å². The van der Waals surface area contributed by atoms with Gasteiger partial charge in [0.15, 0.2) is 0 Å². The Morgan fingerprint density at radius 2 is 2.21 bits per heavy atom. The Bertz CT molecular complexity index is 312. The smallest absolute Gasteiger partial charge is 0.339 e. The van der Waals surface area contributed by atoms with Crippen LogP contribution in [-0.4, -0.2) is 11.1 Å². The number of rotatable bonds is 5. The summed E-state index contributed by atoms with van der Waals surface area (Å²) >= 11 is 0. The molecule has 0 aliphatic carbocycles. The van der Waals surface area contributed by atoms with E-state index in [1.165, 1.54) is 0 Å². The summed E-state index contributed by atoms with van der Waals surface area (Å²) in [7, 11) is 0. The van der Waals surface area contributed by atoms with Crippen molar-refractivity contribution in [3.63, 3.8) is 0 Å². The van der Waals surface area contributed by atoms with Crippen LogP contribution in [0.4, 0.5) is 0 Å². The molecule has 1 aromatic heterocycles. The van der Waals surface area contributed by atoms with Gasteiger partial charge in [-0.1, -0.05) is 19.8 Å². The van der Waals surface area contributed by atoms with Crippen molar-refractivity contribution in [1.29, 1.82) is 0 Å². The molecule has 0 radical (unpaired) electrons. The minimum Gasteiger partial charge on any atom is -0.478 e. The summed E-state index contributed by atoms with van der Waals surface area (Å²) in [6.07, 6.45) is 4.21. The molecule has 3 nitrogen and oxygen atoms in total. The first-order valence-electron chi connectivity index (χ1n) is 4.97. The standard InChI is InChI=1S/C11H16O3/c1-3-4-5-6-9-7-10(11(12)13)8(2)14-9/h7H,3-6H2,1-2H3,(H,12,13). The van der Waals surface area contributed by atoms with E-state index >= 15 is 0 Å². The highest BCUT2D eigenvalue weighted by Gasteiger charge is 2.12. The first kappa shape index (κ1) is 10.8. The molecule has 0 spiro atoms. The number of carboxylic acids is 1. The van der Waals surface area contributed by atoms with Crippen molar-refractivity contribution in [3.8, 4) is 0 Å². The van der Waals surface area contributed by atoms with E-state index < -0.39 is 5.97 Å². The van der Waals surface area contributed by atoms with Crippen molar-refractivity contribution in [2.75, 3.05) is 0 Å². The molecule has 0 aromatic carbocycles. The van der Waals surface area contributed by atoms with Crippen LogP contribution in [0.5, 0.6) is 0 Å². The number of hydrogen-bond donors (Lipinski definition) is 1. The average molecular weight is 196 g/mol. The monoisotopic (exact) mass is 196 g/mol. The number of carbonyl (C=O) groups is 1. The van der Waals surface area contributed by atoms with Gasteiger partial charge in [-0.05, 0) is 19.4 Å². The van der Waals surface area contributed by atoms with Gasteiger partial charge in [0.05, 0.1) is 0 Å². The van der Waals surface area contributed by atoms with Gasteiger partial charge >= 0.3 is 5.97 Å². The van der Waals surface area contributed by atoms with Crippen LogP contribution in [0, 0.1) is 6.92 Å². The second-order valence-corrected chi connectivity index (χ2v) is 3.44. The van der Waals surface area contributed by atoms with E-state index in [2.05, 4.69) is 6.92 Å². The maximum absolute atomic E-state index is 10.7. The van der Waals surface area contributed by atoms with E-state index in [4.69, 9.17) is 9.52 Å². The van der Waals surface area contributed by atoms with Crippen molar-refractivity contribution in [3.05, 3.63) is 23.2 Å². The van der Waals surface area contributed by atoms with Gasteiger partial charge in [0.1, 0.15) is 17.1 Å². The summed E-state index contributed by atoms with van der Waals surface area (Å²) in [5, 5.41) is 8.79. The zero-order chi connectivity index (χ0) is 10.6. The molecule has 1 aromatic rings. The van der Waals surface area contributed by atoms with E-state index in [1.54, 1.807) is 13.0 Å². The quantitative estimate of drug-likeness (QED) is 0.736. The van der Waals surface area contributed by atoms with Gasteiger partial charge in [0.2, 0.25) is 0 Å². The predicted octanol–water partition coefficient (Wildman–Crippen LogP) is 3.02. The number of aryl methyl sites for hydroxylation is 2. The molecule has 1 rings (SSSR count). The van der Waals surface area contributed by atoms with Gasteiger partial charge < -0.3 is 9.52 Å². The second kappa shape index (κ2) is 4.84. The van der Waals surface area contributed by atoms with Crippen molar-refractivity contribution < 1.29 is 14.3 Å². The summed E-state index contributed by atoms with van der Waals surface area (Å²) in [5.74, 6) is 0.380. The van der Waals surface area contributed by atoms with Crippen LogP contribution in [-0.2, 0) is 6.42 Å². The van der Waals surface area contributed by atoms with E-state index in [9.17, 15) is 4.79 Å². The Balaban J connectivity index is 2.62. The lowest BCUT2D eigenvalue weighted by Gasteiger charge is -1.93. The normalized spacial score (nSPS) is 10.4. The molecule has 0 fully saturated rings. The molecule has 0 atom stereocenters. The Morgan fingerprint density at radius 1 is 1.50 bits per heavy atom. The van der Waals surface area contributed by atoms with Crippen LogP contribution in [0.1, 0.15) is 48.1 Å². The lowest BCUT2D eigenvalue weighted by Crippen LogP contribution is -1.95. The molecule has 0 amide bonds. The first-order chi connectivity index (χ1) is 6.65. The van der Waals surface area contributed by atoms with Crippen molar-refractivity contribution in [1.82, 2.24) is 0 Å². The SMILES string of the molecule is CCCCCc1cc(C(=O)O)c(C)o1. The van der Waals surface area contributed by atoms with Crippen molar-refractivity contribution in [2.45, 2.75) is 39.5 Å². The minimum absolute atomic E-state index is 0.288. The number of carboxylic acid groups (broad SMARTS) is 1. The predicted molar refractivity (Wildman–Crippen MR) is 53.6 cm³/mol.